The standard InChI is InChI=1S/C13H19N3O3/c17-12(7-10-5-6-15-16-10)14-8-9-3-1-2-4-11(9)13(18)19/h5-6,9,11H,1-4,7-8H2,(H,14,17)(H,15,16)(H,18,19). The van der Waals surface area contributed by atoms with Gasteiger partial charge in [0.05, 0.1) is 12.3 Å². The van der Waals surface area contributed by atoms with Gasteiger partial charge >= 0.3 is 5.97 Å². The SMILES string of the molecule is O=C(Cc1ccn[nH]1)NCC1CCCCC1C(=O)O. The summed E-state index contributed by atoms with van der Waals surface area (Å²) in [6, 6.07) is 1.75. The van der Waals surface area contributed by atoms with Gasteiger partial charge in [-0.15, -0.1) is 0 Å². The summed E-state index contributed by atoms with van der Waals surface area (Å²) in [4.78, 5) is 22.9. The minimum absolute atomic E-state index is 0.0527. The summed E-state index contributed by atoms with van der Waals surface area (Å²) in [5.74, 6) is -1.11. The molecule has 0 spiro atoms. The third-order valence-corrected chi connectivity index (χ3v) is 3.70. The molecule has 6 nitrogen and oxygen atoms in total. The van der Waals surface area contributed by atoms with Crippen molar-refractivity contribution in [3.8, 4) is 0 Å². The van der Waals surface area contributed by atoms with Crippen LogP contribution < -0.4 is 5.32 Å². The zero-order valence-electron chi connectivity index (χ0n) is 10.8. The molecule has 3 N–H and O–H groups in total. The largest absolute Gasteiger partial charge is 0.481 e. The van der Waals surface area contributed by atoms with Crippen LogP contribution in [0.2, 0.25) is 0 Å². The number of aromatic nitrogens is 2. The van der Waals surface area contributed by atoms with Crippen molar-refractivity contribution in [1.82, 2.24) is 15.5 Å². The van der Waals surface area contributed by atoms with Crippen molar-refractivity contribution in [2.75, 3.05) is 6.54 Å². The van der Waals surface area contributed by atoms with Crippen molar-refractivity contribution >= 4 is 11.9 Å². The van der Waals surface area contributed by atoms with Gasteiger partial charge in [-0.05, 0) is 24.8 Å². The molecule has 2 unspecified atom stereocenters. The fraction of sp³-hybridized carbons (Fsp3) is 0.615. The second-order valence-corrected chi connectivity index (χ2v) is 5.05. The Morgan fingerprint density at radius 1 is 1.42 bits per heavy atom. The molecular formula is C13H19N3O3. The van der Waals surface area contributed by atoms with Gasteiger partial charge in [0.15, 0.2) is 0 Å². The molecule has 19 heavy (non-hydrogen) atoms. The van der Waals surface area contributed by atoms with Crippen LogP contribution in [0.3, 0.4) is 0 Å². The Kier molecular flexibility index (Phi) is 4.54. The number of hydrogen-bond acceptors (Lipinski definition) is 3. The Hall–Kier alpha value is -1.85. The number of carboxylic acids is 1. The number of amides is 1. The summed E-state index contributed by atoms with van der Waals surface area (Å²) in [5, 5.41) is 18.5. The van der Waals surface area contributed by atoms with Crippen LogP contribution in [0.25, 0.3) is 0 Å². The van der Waals surface area contributed by atoms with E-state index in [1.54, 1.807) is 12.3 Å². The maximum absolute atomic E-state index is 11.7. The van der Waals surface area contributed by atoms with E-state index in [4.69, 9.17) is 5.11 Å². The highest BCUT2D eigenvalue weighted by atomic mass is 16.4. The minimum Gasteiger partial charge on any atom is -0.481 e. The first-order chi connectivity index (χ1) is 9.16. The van der Waals surface area contributed by atoms with Crippen LogP contribution in [0.5, 0.6) is 0 Å². The third-order valence-electron chi connectivity index (χ3n) is 3.70. The lowest BCUT2D eigenvalue weighted by Crippen LogP contribution is -2.37. The number of carbonyl (C=O) groups excluding carboxylic acids is 1. The smallest absolute Gasteiger partial charge is 0.306 e. The molecule has 2 atom stereocenters. The van der Waals surface area contributed by atoms with Crippen LogP contribution in [0, 0.1) is 11.8 Å². The molecule has 0 aromatic carbocycles. The lowest BCUT2D eigenvalue weighted by Gasteiger charge is -2.28. The zero-order chi connectivity index (χ0) is 13.7. The number of nitrogens with zero attached hydrogens (tertiary/aromatic N) is 1. The maximum Gasteiger partial charge on any atom is 0.306 e. The molecule has 1 saturated carbocycles. The molecule has 2 rings (SSSR count). The Balaban J connectivity index is 1.80. The highest BCUT2D eigenvalue weighted by Crippen LogP contribution is 2.29. The molecule has 1 heterocycles. The molecule has 1 aromatic rings. The molecule has 0 aliphatic heterocycles. The average Bonchev–Trinajstić information content (AvgIpc) is 2.89. The van der Waals surface area contributed by atoms with Crippen molar-refractivity contribution in [2.24, 2.45) is 11.8 Å². The first-order valence-corrected chi connectivity index (χ1v) is 6.64. The number of aliphatic carboxylic acids is 1. The van der Waals surface area contributed by atoms with Crippen molar-refractivity contribution in [1.29, 1.82) is 0 Å². The highest BCUT2D eigenvalue weighted by molar-refractivity contribution is 5.78. The van der Waals surface area contributed by atoms with Gasteiger partial charge in [-0.1, -0.05) is 12.8 Å². The minimum atomic E-state index is -0.743. The molecule has 0 saturated heterocycles. The van der Waals surface area contributed by atoms with Gasteiger partial charge in [0, 0.05) is 18.4 Å². The Labute approximate surface area is 111 Å². The lowest BCUT2D eigenvalue weighted by molar-refractivity contribution is -0.145. The number of rotatable bonds is 5. The molecular weight excluding hydrogens is 246 g/mol. The van der Waals surface area contributed by atoms with Gasteiger partial charge in [-0.3, -0.25) is 14.7 Å². The summed E-state index contributed by atoms with van der Waals surface area (Å²) in [5.41, 5.74) is 0.760. The molecule has 6 heteroatoms. The summed E-state index contributed by atoms with van der Waals surface area (Å²) < 4.78 is 0. The quantitative estimate of drug-likeness (QED) is 0.739. The van der Waals surface area contributed by atoms with Crippen LogP contribution >= 0.6 is 0 Å². The zero-order valence-corrected chi connectivity index (χ0v) is 10.8. The van der Waals surface area contributed by atoms with E-state index in [-0.39, 0.29) is 24.2 Å². The number of hydrogen-bond donors (Lipinski definition) is 3. The van der Waals surface area contributed by atoms with E-state index in [0.29, 0.717) is 6.54 Å². The lowest BCUT2D eigenvalue weighted by atomic mass is 9.79. The van der Waals surface area contributed by atoms with Crippen molar-refractivity contribution in [2.45, 2.75) is 32.1 Å². The topological polar surface area (TPSA) is 95.1 Å². The number of nitrogens with one attached hydrogen (secondary N) is 2. The van der Waals surface area contributed by atoms with E-state index in [2.05, 4.69) is 15.5 Å². The van der Waals surface area contributed by atoms with Crippen molar-refractivity contribution < 1.29 is 14.7 Å². The van der Waals surface area contributed by atoms with Crippen LogP contribution in [0.1, 0.15) is 31.4 Å². The van der Waals surface area contributed by atoms with E-state index >= 15 is 0 Å². The summed E-state index contributed by atoms with van der Waals surface area (Å²) in [7, 11) is 0. The van der Waals surface area contributed by atoms with Crippen LogP contribution in [-0.2, 0) is 16.0 Å². The predicted octanol–water partition coefficient (Wildman–Crippen LogP) is 0.959. The van der Waals surface area contributed by atoms with Crippen molar-refractivity contribution in [3.05, 3.63) is 18.0 Å². The molecule has 0 radical (unpaired) electrons. The second-order valence-electron chi connectivity index (χ2n) is 5.05. The predicted molar refractivity (Wildman–Crippen MR) is 68.4 cm³/mol. The monoisotopic (exact) mass is 265 g/mol. The molecule has 1 aliphatic carbocycles. The Morgan fingerprint density at radius 3 is 2.89 bits per heavy atom. The second kappa shape index (κ2) is 6.36. The molecule has 1 amide bonds. The Bertz CT molecular complexity index is 430. The number of carboxylic acid groups (broad SMARTS) is 1. The number of aromatic amines is 1. The molecule has 1 aliphatic rings. The number of H-pyrrole nitrogens is 1. The van der Waals surface area contributed by atoms with Gasteiger partial charge in [0.2, 0.25) is 5.91 Å². The fourth-order valence-electron chi connectivity index (χ4n) is 2.64. The van der Waals surface area contributed by atoms with Crippen molar-refractivity contribution in [3.63, 3.8) is 0 Å². The first kappa shape index (κ1) is 13.6. The van der Waals surface area contributed by atoms with E-state index in [1.165, 1.54) is 0 Å². The average molecular weight is 265 g/mol. The normalized spacial score (nSPS) is 22.9. The highest BCUT2D eigenvalue weighted by Gasteiger charge is 2.30. The number of carbonyl (C=O) groups is 2. The van der Waals surface area contributed by atoms with Crippen LogP contribution in [0.15, 0.2) is 12.3 Å². The van der Waals surface area contributed by atoms with Crippen LogP contribution in [0.4, 0.5) is 0 Å². The fourth-order valence-corrected chi connectivity index (χ4v) is 2.64. The maximum atomic E-state index is 11.7. The summed E-state index contributed by atoms with van der Waals surface area (Å²) >= 11 is 0. The molecule has 1 aromatic heterocycles. The molecule has 0 bridgehead atoms. The summed E-state index contributed by atoms with van der Waals surface area (Å²) in [6.07, 6.45) is 5.47. The molecule has 104 valence electrons. The van der Waals surface area contributed by atoms with Gasteiger partial charge in [0.25, 0.3) is 0 Å². The van der Waals surface area contributed by atoms with Gasteiger partial charge in [0.1, 0.15) is 0 Å². The van der Waals surface area contributed by atoms with E-state index in [9.17, 15) is 9.59 Å². The van der Waals surface area contributed by atoms with Gasteiger partial charge in [-0.25, -0.2) is 0 Å². The van der Waals surface area contributed by atoms with Crippen LogP contribution in [-0.4, -0.2) is 33.7 Å². The first-order valence-electron chi connectivity index (χ1n) is 6.64. The van der Waals surface area contributed by atoms with Gasteiger partial charge < -0.3 is 10.4 Å². The third kappa shape index (κ3) is 3.81. The summed E-state index contributed by atoms with van der Waals surface area (Å²) in [6.45, 7) is 0.448. The van der Waals surface area contributed by atoms with E-state index in [0.717, 1.165) is 31.4 Å². The van der Waals surface area contributed by atoms with Gasteiger partial charge in [-0.2, -0.15) is 5.10 Å². The van der Waals surface area contributed by atoms with E-state index in [1.807, 2.05) is 0 Å². The Morgan fingerprint density at radius 2 is 2.21 bits per heavy atom. The van der Waals surface area contributed by atoms with E-state index < -0.39 is 5.97 Å². The molecule has 1 fully saturated rings.